The highest BCUT2D eigenvalue weighted by Crippen LogP contribution is 2.24. The molecule has 0 aliphatic carbocycles. The Kier molecular flexibility index (Phi) is 5.93. The minimum atomic E-state index is -0.554. The van der Waals surface area contributed by atoms with Crippen LogP contribution >= 0.6 is 23.2 Å². The van der Waals surface area contributed by atoms with E-state index in [1.165, 1.54) is 0 Å². The molecule has 0 saturated carbocycles. The normalized spacial score (nSPS) is 12.6. The molecule has 1 atom stereocenters. The predicted molar refractivity (Wildman–Crippen MR) is 74.1 cm³/mol. The second-order valence-electron chi connectivity index (χ2n) is 4.21. The summed E-state index contributed by atoms with van der Waals surface area (Å²) in [6.45, 7) is 6.02. The minimum Gasteiger partial charge on any atom is -0.465 e. The Morgan fingerprint density at radius 2 is 1.83 bits per heavy atom. The van der Waals surface area contributed by atoms with E-state index in [2.05, 4.69) is 5.32 Å². The molecule has 0 aliphatic heterocycles. The molecule has 1 unspecified atom stereocenters. The summed E-state index contributed by atoms with van der Waals surface area (Å²) in [5.41, 5.74) is 0.708. The molecule has 0 amide bonds. The Balaban J connectivity index is 3.04. The molecule has 0 aliphatic rings. The SMILES string of the molecule is CCOC(=O)C(NC(C)C)c1cc(Cl)cc(Cl)c1. The van der Waals surface area contributed by atoms with Crippen LogP contribution in [0.3, 0.4) is 0 Å². The van der Waals surface area contributed by atoms with Crippen molar-refractivity contribution in [2.24, 2.45) is 0 Å². The molecule has 100 valence electrons. The molecule has 0 fully saturated rings. The van der Waals surface area contributed by atoms with E-state index < -0.39 is 6.04 Å². The van der Waals surface area contributed by atoms with Gasteiger partial charge in [-0.3, -0.25) is 5.32 Å². The Morgan fingerprint density at radius 1 is 1.28 bits per heavy atom. The average molecular weight is 290 g/mol. The maximum absolute atomic E-state index is 11.9. The molecule has 0 saturated heterocycles. The van der Waals surface area contributed by atoms with E-state index in [4.69, 9.17) is 27.9 Å². The molecule has 1 N–H and O–H groups in total. The number of rotatable bonds is 5. The lowest BCUT2D eigenvalue weighted by Crippen LogP contribution is -2.34. The van der Waals surface area contributed by atoms with Crippen molar-refractivity contribution in [3.8, 4) is 0 Å². The van der Waals surface area contributed by atoms with Gasteiger partial charge in [0.25, 0.3) is 0 Å². The van der Waals surface area contributed by atoms with Crippen molar-refractivity contribution >= 4 is 29.2 Å². The summed E-state index contributed by atoms with van der Waals surface area (Å²) in [5, 5.41) is 4.14. The lowest BCUT2D eigenvalue weighted by Gasteiger charge is -2.20. The van der Waals surface area contributed by atoms with E-state index in [1.54, 1.807) is 25.1 Å². The van der Waals surface area contributed by atoms with Gasteiger partial charge in [0, 0.05) is 16.1 Å². The first-order valence-corrected chi connectivity index (χ1v) is 6.58. The molecule has 0 bridgehead atoms. The van der Waals surface area contributed by atoms with Gasteiger partial charge in [0.1, 0.15) is 6.04 Å². The summed E-state index contributed by atoms with van der Waals surface area (Å²) in [5.74, 6) is -0.329. The van der Waals surface area contributed by atoms with Gasteiger partial charge < -0.3 is 4.74 Å². The maximum atomic E-state index is 11.9. The lowest BCUT2D eigenvalue weighted by molar-refractivity contribution is -0.146. The number of hydrogen-bond donors (Lipinski definition) is 1. The summed E-state index contributed by atoms with van der Waals surface area (Å²) >= 11 is 11.9. The van der Waals surface area contributed by atoms with Crippen LogP contribution in [-0.4, -0.2) is 18.6 Å². The van der Waals surface area contributed by atoms with Crippen LogP contribution in [0.4, 0.5) is 0 Å². The second kappa shape index (κ2) is 6.98. The maximum Gasteiger partial charge on any atom is 0.327 e. The summed E-state index contributed by atoms with van der Waals surface area (Å²) in [7, 11) is 0. The Bertz CT molecular complexity index is 401. The van der Waals surface area contributed by atoms with Crippen LogP contribution in [0.1, 0.15) is 32.4 Å². The summed E-state index contributed by atoms with van der Waals surface area (Å²) < 4.78 is 5.05. The summed E-state index contributed by atoms with van der Waals surface area (Å²) in [4.78, 5) is 11.9. The van der Waals surface area contributed by atoms with Crippen molar-refractivity contribution in [2.75, 3.05) is 6.61 Å². The van der Waals surface area contributed by atoms with Crippen molar-refractivity contribution in [1.82, 2.24) is 5.32 Å². The van der Waals surface area contributed by atoms with E-state index >= 15 is 0 Å². The lowest BCUT2D eigenvalue weighted by atomic mass is 10.1. The first-order chi connectivity index (χ1) is 8.43. The topological polar surface area (TPSA) is 38.3 Å². The smallest absolute Gasteiger partial charge is 0.327 e. The second-order valence-corrected chi connectivity index (χ2v) is 5.08. The zero-order valence-corrected chi connectivity index (χ0v) is 12.2. The molecule has 1 aromatic rings. The third-order valence-corrected chi connectivity index (χ3v) is 2.68. The van der Waals surface area contributed by atoms with Gasteiger partial charge in [-0.15, -0.1) is 0 Å². The molecule has 5 heteroatoms. The highest BCUT2D eigenvalue weighted by Gasteiger charge is 2.23. The summed E-state index contributed by atoms with van der Waals surface area (Å²) in [6, 6.07) is 4.64. The zero-order chi connectivity index (χ0) is 13.7. The van der Waals surface area contributed by atoms with Crippen LogP contribution in [-0.2, 0) is 9.53 Å². The van der Waals surface area contributed by atoms with Crippen LogP contribution in [0.15, 0.2) is 18.2 Å². The van der Waals surface area contributed by atoms with E-state index in [-0.39, 0.29) is 12.0 Å². The van der Waals surface area contributed by atoms with Crippen molar-refractivity contribution in [3.05, 3.63) is 33.8 Å². The summed E-state index contributed by atoms with van der Waals surface area (Å²) in [6.07, 6.45) is 0. The van der Waals surface area contributed by atoms with Crippen molar-refractivity contribution in [2.45, 2.75) is 32.9 Å². The fraction of sp³-hybridized carbons (Fsp3) is 0.462. The van der Waals surface area contributed by atoms with Crippen LogP contribution < -0.4 is 5.32 Å². The van der Waals surface area contributed by atoms with Gasteiger partial charge in [-0.05, 0) is 44.5 Å². The van der Waals surface area contributed by atoms with Gasteiger partial charge in [0.15, 0.2) is 0 Å². The first kappa shape index (κ1) is 15.3. The molecule has 0 spiro atoms. The van der Waals surface area contributed by atoms with Gasteiger partial charge in [-0.25, -0.2) is 4.79 Å². The third kappa shape index (κ3) is 4.48. The Hall–Kier alpha value is -0.770. The number of esters is 1. The quantitative estimate of drug-likeness (QED) is 0.842. The minimum absolute atomic E-state index is 0.136. The van der Waals surface area contributed by atoms with Crippen molar-refractivity contribution in [3.63, 3.8) is 0 Å². The molecule has 1 aromatic carbocycles. The monoisotopic (exact) mass is 289 g/mol. The van der Waals surface area contributed by atoms with Gasteiger partial charge in [-0.2, -0.15) is 0 Å². The van der Waals surface area contributed by atoms with Gasteiger partial charge in [0.05, 0.1) is 6.61 Å². The van der Waals surface area contributed by atoms with Crippen LogP contribution in [0.25, 0.3) is 0 Å². The fourth-order valence-electron chi connectivity index (χ4n) is 1.60. The molecule has 0 heterocycles. The van der Waals surface area contributed by atoms with Crippen LogP contribution in [0, 0.1) is 0 Å². The predicted octanol–water partition coefficient (Wildman–Crippen LogP) is 3.60. The molecule has 0 radical (unpaired) electrons. The number of halogens is 2. The number of nitrogens with one attached hydrogen (secondary N) is 1. The first-order valence-electron chi connectivity index (χ1n) is 5.82. The molecule has 1 rings (SSSR count). The molecule has 18 heavy (non-hydrogen) atoms. The van der Waals surface area contributed by atoms with Gasteiger partial charge >= 0.3 is 5.97 Å². The van der Waals surface area contributed by atoms with E-state index in [0.29, 0.717) is 22.2 Å². The van der Waals surface area contributed by atoms with E-state index in [1.807, 2.05) is 13.8 Å². The Morgan fingerprint density at radius 3 is 2.28 bits per heavy atom. The largest absolute Gasteiger partial charge is 0.465 e. The highest BCUT2D eigenvalue weighted by atomic mass is 35.5. The number of hydrogen-bond acceptors (Lipinski definition) is 3. The molecular formula is C13H17Cl2NO2. The highest BCUT2D eigenvalue weighted by molar-refractivity contribution is 6.34. The Labute approximate surface area is 117 Å². The number of ether oxygens (including phenoxy) is 1. The fourth-order valence-corrected chi connectivity index (χ4v) is 2.14. The van der Waals surface area contributed by atoms with Crippen LogP contribution in [0.2, 0.25) is 10.0 Å². The zero-order valence-electron chi connectivity index (χ0n) is 10.7. The number of carbonyl (C=O) groups excluding carboxylic acids is 1. The van der Waals surface area contributed by atoms with Crippen molar-refractivity contribution < 1.29 is 9.53 Å². The van der Waals surface area contributed by atoms with Crippen LogP contribution in [0.5, 0.6) is 0 Å². The van der Waals surface area contributed by atoms with E-state index in [9.17, 15) is 4.79 Å². The average Bonchev–Trinajstić information content (AvgIpc) is 2.24. The molecular weight excluding hydrogens is 273 g/mol. The standard InChI is InChI=1S/C13H17Cl2NO2/c1-4-18-13(17)12(16-8(2)3)9-5-10(14)7-11(15)6-9/h5-8,12,16H,4H2,1-3H3. The van der Waals surface area contributed by atoms with Gasteiger partial charge in [-0.1, -0.05) is 23.2 Å². The van der Waals surface area contributed by atoms with Gasteiger partial charge in [0.2, 0.25) is 0 Å². The number of benzene rings is 1. The third-order valence-electron chi connectivity index (χ3n) is 2.24. The number of carbonyl (C=O) groups is 1. The van der Waals surface area contributed by atoms with E-state index in [0.717, 1.165) is 0 Å². The molecule has 0 aromatic heterocycles. The van der Waals surface area contributed by atoms with Crippen molar-refractivity contribution in [1.29, 1.82) is 0 Å². The molecule has 3 nitrogen and oxygen atoms in total.